The van der Waals surface area contributed by atoms with Gasteiger partial charge >= 0.3 is 0 Å². The van der Waals surface area contributed by atoms with Gasteiger partial charge in [-0.25, -0.2) is 0 Å². The smallest absolute Gasteiger partial charge is 0.237 e. The van der Waals surface area contributed by atoms with Gasteiger partial charge in [-0.15, -0.1) is 24.8 Å². The molecule has 0 aromatic heterocycles. The van der Waals surface area contributed by atoms with Crippen molar-refractivity contribution in [3.05, 3.63) is 35.4 Å². The lowest BCUT2D eigenvalue weighted by Gasteiger charge is -2.31. The van der Waals surface area contributed by atoms with Gasteiger partial charge < -0.3 is 15.8 Å². The van der Waals surface area contributed by atoms with Crippen LogP contribution >= 0.6 is 24.8 Å². The van der Waals surface area contributed by atoms with Gasteiger partial charge in [-0.05, 0) is 23.5 Å². The van der Waals surface area contributed by atoms with Gasteiger partial charge in [-0.1, -0.05) is 45.0 Å². The van der Waals surface area contributed by atoms with E-state index in [1.54, 1.807) is 0 Å². The highest BCUT2D eigenvalue weighted by Gasteiger charge is 2.27. The van der Waals surface area contributed by atoms with Crippen LogP contribution in [0.3, 0.4) is 0 Å². The average Bonchev–Trinajstić information content (AvgIpc) is 2.51. The predicted octanol–water partition coefficient (Wildman–Crippen LogP) is 2.74. The lowest BCUT2D eigenvalue weighted by Crippen LogP contribution is -2.48. The molecule has 1 saturated heterocycles. The summed E-state index contributed by atoms with van der Waals surface area (Å²) in [6.45, 7) is 12.2. The van der Waals surface area contributed by atoms with Crippen LogP contribution in [-0.2, 0) is 22.6 Å². The standard InChI is InChI=1S/C19H31N3O2.2ClH/c1-14-12-22(8-9-24-14)13-16-7-5-6-15(10-16)11-21-18(23)17(20)19(2,3)4;;/h5-7,10,14,17H,8-9,11-13,20H2,1-4H3,(H,21,23);2*1H/t14?,17-;;/m1../s1. The van der Waals surface area contributed by atoms with Crippen molar-refractivity contribution in [3.63, 3.8) is 0 Å². The summed E-state index contributed by atoms with van der Waals surface area (Å²) in [5, 5.41) is 2.95. The molecule has 7 heteroatoms. The minimum Gasteiger partial charge on any atom is -0.376 e. The fourth-order valence-electron chi connectivity index (χ4n) is 2.82. The molecule has 1 fully saturated rings. The average molecular weight is 406 g/mol. The van der Waals surface area contributed by atoms with Crippen molar-refractivity contribution < 1.29 is 9.53 Å². The second-order valence-corrected chi connectivity index (χ2v) is 7.80. The monoisotopic (exact) mass is 405 g/mol. The highest BCUT2D eigenvalue weighted by Crippen LogP contribution is 2.17. The van der Waals surface area contributed by atoms with E-state index >= 15 is 0 Å². The first-order valence-electron chi connectivity index (χ1n) is 8.71. The Labute approximate surface area is 169 Å². The summed E-state index contributed by atoms with van der Waals surface area (Å²) in [4.78, 5) is 14.5. The molecule has 0 bridgehead atoms. The zero-order valence-corrected chi connectivity index (χ0v) is 17.8. The summed E-state index contributed by atoms with van der Waals surface area (Å²) in [5.41, 5.74) is 8.12. The number of nitrogens with one attached hydrogen (secondary N) is 1. The fraction of sp³-hybridized carbons (Fsp3) is 0.632. The minimum atomic E-state index is -0.504. The Balaban J connectivity index is 0.00000312. The molecule has 1 heterocycles. The van der Waals surface area contributed by atoms with Gasteiger partial charge in [-0.2, -0.15) is 0 Å². The Morgan fingerprint density at radius 1 is 1.35 bits per heavy atom. The zero-order valence-electron chi connectivity index (χ0n) is 16.2. The van der Waals surface area contributed by atoms with Crippen LogP contribution in [0.25, 0.3) is 0 Å². The van der Waals surface area contributed by atoms with Gasteiger partial charge in [0.1, 0.15) is 0 Å². The molecule has 1 aromatic carbocycles. The lowest BCUT2D eigenvalue weighted by molar-refractivity contribution is -0.124. The van der Waals surface area contributed by atoms with E-state index in [9.17, 15) is 4.79 Å². The molecule has 1 aliphatic rings. The van der Waals surface area contributed by atoms with E-state index in [1.165, 1.54) is 5.56 Å². The van der Waals surface area contributed by atoms with E-state index in [0.717, 1.165) is 31.8 Å². The Morgan fingerprint density at radius 2 is 2.00 bits per heavy atom. The molecule has 1 unspecified atom stereocenters. The molecule has 1 amide bonds. The SMILES string of the molecule is CC1CN(Cc2cccc(CNC(=O)[C@@H](N)C(C)(C)C)c2)CCO1.Cl.Cl. The van der Waals surface area contributed by atoms with Crippen LogP contribution in [0.2, 0.25) is 0 Å². The van der Waals surface area contributed by atoms with Gasteiger partial charge in [0.2, 0.25) is 5.91 Å². The Kier molecular flexibility index (Phi) is 10.7. The van der Waals surface area contributed by atoms with Gasteiger partial charge in [0.25, 0.3) is 0 Å². The molecule has 2 atom stereocenters. The number of ether oxygens (including phenoxy) is 1. The second-order valence-electron chi connectivity index (χ2n) is 7.80. The number of nitrogens with zero attached hydrogens (tertiary/aromatic N) is 1. The third kappa shape index (κ3) is 7.80. The van der Waals surface area contributed by atoms with Crippen LogP contribution < -0.4 is 11.1 Å². The van der Waals surface area contributed by atoms with Crippen molar-refractivity contribution >= 4 is 30.7 Å². The summed E-state index contributed by atoms with van der Waals surface area (Å²) in [5.74, 6) is -0.102. The summed E-state index contributed by atoms with van der Waals surface area (Å²) in [7, 11) is 0. The van der Waals surface area contributed by atoms with Crippen LogP contribution in [0.5, 0.6) is 0 Å². The maximum Gasteiger partial charge on any atom is 0.237 e. The molecule has 1 aliphatic heterocycles. The van der Waals surface area contributed by atoms with Crippen molar-refractivity contribution in [2.24, 2.45) is 11.1 Å². The van der Waals surface area contributed by atoms with E-state index in [2.05, 4.69) is 29.3 Å². The minimum absolute atomic E-state index is 0. The van der Waals surface area contributed by atoms with Crippen molar-refractivity contribution in [1.29, 1.82) is 0 Å². The molecule has 0 spiro atoms. The number of benzene rings is 1. The molecule has 1 aromatic rings. The number of hydrogen-bond donors (Lipinski definition) is 2. The third-order valence-electron chi connectivity index (χ3n) is 4.40. The Hall–Kier alpha value is -0.850. The molecule has 3 N–H and O–H groups in total. The zero-order chi connectivity index (χ0) is 17.7. The quantitative estimate of drug-likeness (QED) is 0.789. The van der Waals surface area contributed by atoms with E-state index in [-0.39, 0.29) is 36.1 Å². The topological polar surface area (TPSA) is 67.6 Å². The number of halogens is 2. The first kappa shape index (κ1) is 25.1. The van der Waals surface area contributed by atoms with Crippen LogP contribution in [-0.4, -0.2) is 42.6 Å². The summed E-state index contributed by atoms with van der Waals surface area (Å²) < 4.78 is 5.58. The van der Waals surface area contributed by atoms with E-state index in [1.807, 2.05) is 32.9 Å². The predicted molar refractivity (Wildman–Crippen MR) is 111 cm³/mol. The van der Waals surface area contributed by atoms with Crippen molar-refractivity contribution in [2.75, 3.05) is 19.7 Å². The van der Waals surface area contributed by atoms with Gasteiger partial charge in [0.15, 0.2) is 0 Å². The summed E-state index contributed by atoms with van der Waals surface area (Å²) in [6.07, 6.45) is 0.292. The number of hydrogen-bond acceptors (Lipinski definition) is 4. The number of carbonyl (C=O) groups is 1. The van der Waals surface area contributed by atoms with Crippen LogP contribution in [0.1, 0.15) is 38.8 Å². The van der Waals surface area contributed by atoms with Gasteiger partial charge in [-0.3, -0.25) is 9.69 Å². The van der Waals surface area contributed by atoms with E-state index in [4.69, 9.17) is 10.5 Å². The summed E-state index contributed by atoms with van der Waals surface area (Å²) >= 11 is 0. The number of rotatable bonds is 5. The van der Waals surface area contributed by atoms with Crippen LogP contribution in [0.4, 0.5) is 0 Å². The van der Waals surface area contributed by atoms with Crippen molar-refractivity contribution in [1.82, 2.24) is 10.2 Å². The van der Waals surface area contributed by atoms with E-state index < -0.39 is 6.04 Å². The fourth-order valence-corrected chi connectivity index (χ4v) is 2.82. The normalized spacial score (nSPS) is 19.0. The number of morpholine rings is 1. The molecule has 5 nitrogen and oxygen atoms in total. The number of carbonyl (C=O) groups excluding carboxylic acids is 1. The molecule has 2 rings (SSSR count). The molecule has 26 heavy (non-hydrogen) atoms. The maximum atomic E-state index is 12.1. The molecule has 0 aliphatic carbocycles. The van der Waals surface area contributed by atoms with Crippen LogP contribution in [0.15, 0.2) is 24.3 Å². The van der Waals surface area contributed by atoms with Crippen molar-refractivity contribution in [2.45, 2.75) is 52.9 Å². The number of nitrogens with two attached hydrogens (primary N) is 1. The number of amides is 1. The van der Waals surface area contributed by atoms with Gasteiger partial charge in [0, 0.05) is 26.2 Å². The molecule has 150 valence electrons. The Bertz CT molecular complexity index is 564. The lowest BCUT2D eigenvalue weighted by atomic mass is 9.87. The van der Waals surface area contributed by atoms with Crippen molar-refractivity contribution in [3.8, 4) is 0 Å². The van der Waals surface area contributed by atoms with Gasteiger partial charge in [0.05, 0.1) is 18.8 Å². The maximum absolute atomic E-state index is 12.1. The molecule has 0 radical (unpaired) electrons. The second kappa shape index (κ2) is 11.1. The molecule has 0 saturated carbocycles. The Morgan fingerprint density at radius 3 is 2.62 bits per heavy atom. The molecular formula is C19H33Cl2N3O2. The highest BCUT2D eigenvalue weighted by atomic mass is 35.5. The van der Waals surface area contributed by atoms with E-state index in [0.29, 0.717) is 12.6 Å². The first-order valence-corrected chi connectivity index (χ1v) is 8.71. The largest absolute Gasteiger partial charge is 0.376 e. The van der Waals surface area contributed by atoms with Crippen LogP contribution in [0, 0.1) is 5.41 Å². The highest BCUT2D eigenvalue weighted by molar-refractivity contribution is 5.85. The third-order valence-corrected chi connectivity index (χ3v) is 4.40. The molecular weight excluding hydrogens is 373 g/mol. The first-order chi connectivity index (χ1) is 11.3. The summed E-state index contributed by atoms with van der Waals surface area (Å²) in [6, 6.07) is 7.86.